The SMILES string of the molecule is Cc1ccccc1C(C)Nc1ccc(C(N)=S)c(F)c1. The summed E-state index contributed by atoms with van der Waals surface area (Å²) < 4.78 is 13.8. The van der Waals surface area contributed by atoms with Crippen LogP contribution in [-0.4, -0.2) is 4.99 Å². The number of anilines is 1. The number of nitrogens with one attached hydrogen (secondary N) is 1. The average Bonchev–Trinajstić information content (AvgIpc) is 2.38. The molecule has 3 N–H and O–H groups in total. The Morgan fingerprint density at radius 1 is 1.25 bits per heavy atom. The highest BCUT2D eigenvalue weighted by Crippen LogP contribution is 2.23. The Hall–Kier alpha value is -1.94. The van der Waals surface area contributed by atoms with E-state index < -0.39 is 5.82 Å². The van der Waals surface area contributed by atoms with Gasteiger partial charge in [0.15, 0.2) is 0 Å². The maximum absolute atomic E-state index is 13.8. The quantitative estimate of drug-likeness (QED) is 0.837. The van der Waals surface area contributed by atoms with Gasteiger partial charge in [-0.15, -0.1) is 0 Å². The summed E-state index contributed by atoms with van der Waals surface area (Å²) in [6, 6.07) is 13.0. The Kier molecular flexibility index (Phi) is 4.35. The molecule has 0 fully saturated rings. The van der Waals surface area contributed by atoms with Gasteiger partial charge in [0.2, 0.25) is 0 Å². The molecule has 0 saturated carbocycles. The van der Waals surface area contributed by atoms with Gasteiger partial charge in [0.05, 0.1) is 0 Å². The number of nitrogens with two attached hydrogens (primary N) is 1. The second kappa shape index (κ2) is 6.01. The zero-order valence-electron chi connectivity index (χ0n) is 11.5. The number of thiocarbonyl (C=S) groups is 1. The smallest absolute Gasteiger partial charge is 0.135 e. The second-order valence-corrected chi connectivity index (χ2v) is 5.22. The van der Waals surface area contributed by atoms with Gasteiger partial charge in [-0.25, -0.2) is 4.39 Å². The van der Waals surface area contributed by atoms with Crippen LogP contribution in [-0.2, 0) is 0 Å². The van der Waals surface area contributed by atoms with Gasteiger partial charge < -0.3 is 11.1 Å². The van der Waals surface area contributed by atoms with E-state index in [2.05, 4.69) is 24.4 Å². The van der Waals surface area contributed by atoms with E-state index in [1.54, 1.807) is 12.1 Å². The molecule has 0 aliphatic heterocycles. The summed E-state index contributed by atoms with van der Waals surface area (Å²) in [7, 11) is 0. The van der Waals surface area contributed by atoms with E-state index in [0.717, 1.165) is 0 Å². The van der Waals surface area contributed by atoms with Gasteiger partial charge in [-0.1, -0.05) is 36.5 Å². The molecule has 104 valence electrons. The van der Waals surface area contributed by atoms with Crippen molar-refractivity contribution in [3.8, 4) is 0 Å². The Labute approximate surface area is 123 Å². The number of aryl methyl sites for hydroxylation is 1. The van der Waals surface area contributed by atoms with Crippen molar-refractivity contribution >= 4 is 22.9 Å². The molecule has 1 atom stereocenters. The number of hydrogen-bond acceptors (Lipinski definition) is 2. The first kappa shape index (κ1) is 14.5. The highest BCUT2D eigenvalue weighted by atomic mass is 32.1. The fourth-order valence-corrected chi connectivity index (χ4v) is 2.37. The molecule has 2 aromatic rings. The molecule has 0 aliphatic rings. The van der Waals surface area contributed by atoms with Crippen LogP contribution in [0.1, 0.15) is 29.7 Å². The third kappa shape index (κ3) is 3.14. The summed E-state index contributed by atoms with van der Waals surface area (Å²) in [6.07, 6.45) is 0. The lowest BCUT2D eigenvalue weighted by Crippen LogP contribution is -2.13. The van der Waals surface area contributed by atoms with Crippen molar-refractivity contribution in [1.82, 2.24) is 0 Å². The van der Waals surface area contributed by atoms with Crippen molar-refractivity contribution in [2.24, 2.45) is 5.73 Å². The van der Waals surface area contributed by atoms with Gasteiger partial charge in [0.1, 0.15) is 10.8 Å². The largest absolute Gasteiger partial charge is 0.389 e. The highest BCUT2D eigenvalue weighted by Gasteiger charge is 2.10. The van der Waals surface area contributed by atoms with Crippen LogP contribution in [0, 0.1) is 12.7 Å². The van der Waals surface area contributed by atoms with Gasteiger partial charge in [-0.3, -0.25) is 0 Å². The van der Waals surface area contributed by atoms with E-state index in [4.69, 9.17) is 18.0 Å². The van der Waals surface area contributed by atoms with Crippen molar-refractivity contribution in [3.63, 3.8) is 0 Å². The summed E-state index contributed by atoms with van der Waals surface area (Å²) in [5.74, 6) is -0.403. The standard InChI is InChI=1S/C16H17FN2S/c1-10-5-3-4-6-13(10)11(2)19-12-7-8-14(16(18)20)15(17)9-12/h3-9,11,19H,1-2H3,(H2,18,20). The summed E-state index contributed by atoms with van der Waals surface area (Å²) in [6.45, 7) is 4.10. The third-order valence-electron chi connectivity index (χ3n) is 3.27. The van der Waals surface area contributed by atoms with Crippen LogP contribution in [0.2, 0.25) is 0 Å². The van der Waals surface area contributed by atoms with Crippen LogP contribution in [0.4, 0.5) is 10.1 Å². The van der Waals surface area contributed by atoms with E-state index >= 15 is 0 Å². The molecule has 0 bridgehead atoms. The van der Waals surface area contributed by atoms with Crippen LogP contribution >= 0.6 is 12.2 Å². The van der Waals surface area contributed by atoms with Crippen LogP contribution in [0.25, 0.3) is 0 Å². The first-order chi connectivity index (χ1) is 9.49. The first-order valence-electron chi connectivity index (χ1n) is 6.40. The van der Waals surface area contributed by atoms with E-state index in [9.17, 15) is 4.39 Å². The van der Waals surface area contributed by atoms with Gasteiger partial charge >= 0.3 is 0 Å². The summed E-state index contributed by atoms with van der Waals surface area (Å²) in [4.78, 5) is 0.0704. The molecule has 0 heterocycles. The molecule has 0 saturated heterocycles. The lowest BCUT2D eigenvalue weighted by Gasteiger charge is -2.18. The molecule has 2 aromatic carbocycles. The van der Waals surface area contributed by atoms with Crippen molar-refractivity contribution in [3.05, 3.63) is 65.0 Å². The summed E-state index contributed by atoms with van der Waals surface area (Å²) in [5, 5.41) is 3.28. The topological polar surface area (TPSA) is 38.0 Å². The maximum atomic E-state index is 13.8. The fourth-order valence-electron chi connectivity index (χ4n) is 2.21. The predicted octanol–water partition coefficient (Wildman–Crippen LogP) is 3.94. The first-order valence-corrected chi connectivity index (χ1v) is 6.81. The Bertz CT molecular complexity index is 640. The zero-order valence-corrected chi connectivity index (χ0v) is 12.3. The summed E-state index contributed by atoms with van der Waals surface area (Å²) in [5.41, 5.74) is 8.81. The number of rotatable bonds is 4. The minimum Gasteiger partial charge on any atom is -0.389 e. The summed E-state index contributed by atoms with van der Waals surface area (Å²) >= 11 is 4.79. The van der Waals surface area contributed by atoms with Crippen molar-refractivity contribution in [1.29, 1.82) is 0 Å². The Morgan fingerprint density at radius 3 is 2.55 bits per heavy atom. The molecule has 0 radical (unpaired) electrons. The van der Waals surface area contributed by atoms with Gasteiger partial charge in [0.25, 0.3) is 0 Å². The van der Waals surface area contributed by atoms with Crippen molar-refractivity contribution < 1.29 is 4.39 Å². The maximum Gasteiger partial charge on any atom is 0.135 e. The molecule has 4 heteroatoms. The molecular formula is C16H17FN2S. The lowest BCUT2D eigenvalue weighted by molar-refractivity contribution is 0.625. The molecule has 2 nitrogen and oxygen atoms in total. The third-order valence-corrected chi connectivity index (χ3v) is 3.49. The highest BCUT2D eigenvalue weighted by molar-refractivity contribution is 7.80. The predicted molar refractivity (Wildman–Crippen MR) is 85.5 cm³/mol. The van der Waals surface area contributed by atoms with Gasteiger partial charge in [0, 0.05) is 17.3 Å². The molecule has 0 amide bonds. The molecule has 0 aliphatic carbocycles. The van der Waals surface area contributed by atoms with Gasteiger partial charge in [-0.05, 0) is 43.2 Å². The van der Waals surface area contributed by atoms with E-state index in [0.29, 0.717) is 5.69 Å². The second-order valence-electron chi connectivity index (χ2n) is 4.78. The van der Waals surface area contributed by atoms with E-state index in [1.165, 1.54) is 17.2 Å². The van der Waals surface area contributed by atoms with Gasteiger partial charge in [-0.2, -0.15) is 0 Å². The van der Waals surface area contributed by atoms with Crippen LogP contribution < -0.4 is 11.1 Å². The Balaban J connectivity index is 2.20. The number of halogens is 1. The molecule has 1 unspecified atom stereocenters. The average molecular weight is 288 g/mol. The fraction of sp³-hybridized carbons (Fsp3) is 0.188. The molecule has 2 rings (SSSR count). The van der Waals surface area contributed by atoms with Crippen LogP contribution in [0.3, 0.4) is 0 Å². The lowest BCUT2D eigenvalue weighted by atomic mass is 10.0. The Morgan fingerprint density at radius 2 is 1.95 bits per heavy atom. The zero-order chi connectivity index (χ0) is 14.7. The van der Waals surface area contributed by atoms with Crippen LogP contribution in [0.15, 0.2) is 42.5 Å². The van der Waals surface area contributed by atoms with E-state index in [-0.39, 0.29) is 16.6 Å². The van der Waals surface area contributed by atoms with E-state index in [1.807, 2.05) is 19.1 Å². The molecule has 0 aromatic heterocycles. The monoisotopic (exact) mass is 288 g/mol. The van der Waals surface area contributed by atoms with Crippen molar-refractivity contribution in [2.45, 2.75) is 19.9 Å². The normalized spacial score (nSPS) is 11.9. The molecule has 0 spiro atoms. The molecular weight excluding hydrogens is 271 g/mol. The number of hydrogen-bond donors (Lipinski definition) is 2. The van der Waals surface area contributed by atoms with Crippen LogP contribution in [0.5, 0.6) is 0 Å². The minimum absolute atomic E-state index is 0.0704. The minimum atomic E-state index is -0.403. The number of benzene rings is 2. The molecule has 20 heavy (non-hydrogen) atoms. The van der Waals surface area contributed by atoms with Crippen molar-refractivity contribution in [2.75, 3.05) is 5.32 Å².